The van der Waals surface area contributed by atoms with Crippen molar-refractivity contribution in [2.75, 3.05) is 20.1 Å². The average molecular weight is 138 g/mol. The van der Waals surface area contributed by atoms with Crippen LogP contribution in [0.15, 0.2) is 11.6 Å². The minimum atomic E-state index is 0.792. The van der Waals surface area contributed by atoms with Crippen molar-refractivity contribution in [2.24, 2.45) is 0 Å². The van der Waals surface area contributed by atoms with E-state index in [9.17, 15) is 0 Å². The third-order valence-corrected chi connectivity index (χ3v) is 1.43. The molecule has 0 amide bonds. The highest BCUT2D eigenvalue weighted by Gasteiger charge is 1.89. The molecule has 0 fully saturated rings. The van der Waals surface area contributed by atoms with Crippen LogP contribution in [-0.2, 0) is 0 Å². The summed E-state index contributed by atoms with van der Waals surface area (Å²) >= 11 is 0. The van der Waals surface area contributed by atoms with Crippen molar-refractivity contribution in [3.05, 3.63) is 11.6 Å². The maximum Gasteiger partial charge on any atom is 0.0941 e. The van der Waals surface area contributed by atoms with Gasteiger partial charge in [-0.2, -0.15) is 5.26 Å². The predicted octanol–water partition coefficient (Wildman–Crippen LogP) is 1.41. The van der Waals surface area contributed by atoms with Gasteiger partial charge < -0.3 is 4.90 Å². The number of rotatable bonds is 3. The molecule has 0 aliphatic rings. The van der Waals surface area contributed by atoms with Gasteiger partial charge in [-0.05, 0) is 20.5 Å². The van der Waals surface area contributed by atoms with Gasteiger partial charge >= 0.3 is 0 Å². The van der Waals surface area contributed by atoms with Crippen molar-refractivity contribution in [3.8, 4) is 6.07 Å². The van der Waals surface area contributed by atoms with Crippen molar-refractivity contribution in [1.82, 2.24) is 4.90 Å². The molecule has 0 aromatic rings. The predicted molar refractivity (Wildman–Crippen MR) is 42.5 cm³/mol. The monoisotopic (exact) mass is 138 g/mol. The molecule has 56 valence electrons. The third-order valence-electron chi connectivity index (χ3n) is 1.43. The zero-order valence-electron chi connectivity index (χ0n) is 6.89. The fraction of sp³-hybridized carbons (Fsp3) is 0.625. The molecule has 0 rings (SSSR count). The smallest absolute Gasteiger partial charge is 0.0941 e. The molecule has 10 heavy (non-hydrogen) atoms. The molecule has 0 aliphatic heterocycles. The first-order valence-corrected chi connectivity index (χ1v) is 3.46. The van der Waals surface area contributed by atoms with Crippen LogP contribution in [0.25, 0.3) is 0 Å². The molecule has 0 bridgehead atoms. The summed E-state index contributed by atoms with van der Waals surface area (Å²) in [5, 5.41) is 8.38. The number of allylic oxidation sites excluding steroid dienone is 1. The van der Waals surface area contributed by atoms with E-state index in [1.165, 1.54) is 0 Å². The number of likely N-dealkylation sites (N-methyl/N-ethyl adjacent to an activating group) is 1. The Morgan fingerprint density at radius 2 is 2.30 bits per heavy atom. The Balaban J connectivity index is 3.63. The molecule has 0 N–H and O–H groups in total. The van der Waals surface area contributed by atoms with Crippen LogP contribution in [0.4, 0.5) is 0 Å². The van der Waals surface area contributed by atoms with Crippen LogP contribution < -0.4 is 0 Å². The SMILES string of the molecule is CCN(C)C/C=C(/C)C#N. The molecule has 2 nitrogen and oxygen atoms in total. The van der Waals surface area contributed by atoms with Gasteiger partial charge in [0.25, 0.3) is 0 Å². The van der Waals surface area contributed by atoms with E-state index in [-0.39, 0.29) is 0 Å². The molecule has 0 saturated heterocycles. The van der Waals surface area contributed by atoms with Gasteiger partial charge in [0, 0.05) is 12.1 Å². The van der Waals surface area contributed by atoms with E-state index in [1.54, 1.807) is 0 Å². The summed E-state index contributed by atoms with van der Waals surface area (Å²) in [6, 6.07) is 2.08. The first-order chi connectivity index (χ1) is 4.70. The minimum absolute atomic E-state index is 0.792. The molecule has 2 heteroatoms. The standard InChI is InChI=1S/C8H14N2/c1-4-10(3)6-5-8(2)7-9/h5H,4,6H2,1-3H3/b8-5-. The summed E-state index contributed by atoms with van der Waals surface area (Å²) in [6.07, 6.45) is 1.93. The molecule has 0 spiro atoms. The van der Waals surface area contributed by atoms with E-state index in [0.29, 0.717) is 0 Å². The second kappa shape index (κ2) is 5.01. The van der Waals surface area contributed by atoms with E-state index in [1.807, 2.05) is 20.0 Å². The Kier molecular flexibility index (Phi) is 4.61. The molecule has 0 saturated carbocycles. The van der Waals surface area contributed by atoms with Crippen LogP contribution in [0, 0.1) is 11.3 Å². The van der Waals surface area contributed by atoms with Crippen molar-refractivity contribution < 1.29 is 0 Å². The Labute approximate surface area is 62.8 Å². The summed E-state index contributed by atoms with van der Waals surface area (Å²) in [5.74, 6) is 0. The Morgan fingerprint density at radius 3 is 2.70 bits per heavy atom. The molecule has 0 aromatic carbocycles. The summed E-state index contributed by atoms with van der Waals surface area (Å²) in [7, 11) is 2.03. The molecule has 0 heterocycles. The normalized spacial score (nSPS) is 11.7. The topological polar surface area (TPSA) is 27.0 Å². The first kappa shape index (κ1) is 9.19. The van der Waals surface area contributed by atoms with Gasteiger partial charge in [0.1, 0.15) is 0 Å². The van der Waals surface area contributed by atoms with Gasteiger partial charge in [-0.15, -0.1) is 0 Å². The maximum atomic E-state index is 8.38. The highest BCUT2D eigenvalue weighted by atomic mass is 15.1. The minimum Gasteiger partial charge on any atom is -0.303 e. The number of nitrogens with zero attached hydrogens (tertiary/aromatic N) is 2. The van der Waals surface area contributed by atoms with Crippen LogP contribution in [0.3, 0.4) is 0 Å². The van der Waals surface area contributed by atoms with Crippen molar-refractivity contribution in [2.45, 2.75) is 13.8 Å². The Bertz CT molecular complexity index is 153. The summed E-state index contributed by atoms with van der Waals surface area (Å²) in [5.41, 5.74) is 0.792. The fourth-order valence-electron chi connectivity index (χ4n) is 0.468. The lowest BCUT2D eigenvalue weighted by atomic mass is 10.3. The van der Waals surface area contributed by atoms with Gasteiger partial charge in [0.15, 0.2) is 0 Å². The molecule has 0 aliphatic carbocycles. The van der Waals surface area contributed by atoms with Crippen LogP contribution in [0.5, 0.6) is 0 Å². The molecular weight excluding hydrogens is 124 g/mol. The van der Waals surface area contributed by atoms with Crippen LogP contribution in [-0.4, -0.2) is 25.0 Å². The van der Waals surface area contributed by atoms with Crippen LogP contribution >= 0.6 is 0 Å². The van der Waals surface area contributed by atoms with Crippen molar-refractivity contribution >= 4 is 0 Å². The lowest BCUT2D eigenvalue weighted by molar-refractivity contribution is 0.392. The van der Waals surface area contributed by atoms with Gasteiger partial charge in [-0.25, -0.2) is 0 Å². The quantitative estimate of drug-likeness (QED) is 0.551. The highest BCUT2D eigenvalue weighted by Crippen LogP contribution is 1.89. The molecular formula is C8H14N2. The Hall–Kier alpha value is -0.810. The maximum absolute atomic E-state index is 8.38. The third kappa shape index (κ3) is 4.11. The Morgan fingerprint density at radius 1 is 1.70 bits per heavy atom. The fourth-order valence-corrected chi connectivity index (χ4v) is 0.468. The summed E-state index contributed by atoms with van der Waals surface area (Å²) < 4.78 is 0. The van der Waals surface area contributed by atoms with Crippen molar-refractivity contribution in [3.63, 3.8) is 0 Å². The van der Waals surface area contributed by atoms with Crippen molar-refractivity contribution in [1.29, 1.82) is 5.26 Å². The van der Waals surface area contributed by atoms with E-state index in [2.05, 4.69) is 17.9 Å². The highest BCUT2D eigenvalue weighted by molar-refractivity contribution is 5.17. The number of nitriles is 1. The van der Waals surface area contributed by atoms with E-state index in [0.717, 1.165) is 18.7 Å². The van der Waals surface area contributed by atoms with Crippen LogP contribution in [0.2, 0.25) is 0 Å². The lowest BCUT2D eigenvalue weighted by Crippen LogP contribution is -2.17. The van der Waals surface area contributed by atoms with E-state index in [4.69, 9.17) is 5.26 Å². The van der Waals surface area contributed by atoms with Crippen LogP contribution in [0.1, 0.15) is 13.8 Å². The molecule has 0 atom stereocenters. The summed E-state index contributed by atoms with van der Waals surface area (Å²) in [4.78, 5) is 2.14. The number of hydrogen-bond acceptors (Lipinski definition) is 2. The largest absolute Gasteiger partial charge is 0.303 e. The average Bonchev–Trinajstić information content (AvgIpc) is 1.99. The van der Waals surface area contributed by atoms with E-state index < -0.39 is 0 Å². The second-order valence-corrected chi connectivity index (χ2v) is 2.35. The first-order valence-electron chi connectivity index (χ1n) is 3.46. The molecule has 0 radical (unpaired) electrons. The van der Waals surface area contributed by atoms with Gasteiger partial charge in [0.05, 0.1) is 6.07 Å². The zero-order chi connectivity index (χ0) is 7.98. The van der Waals surface area contributed by atoms with Gasteiger partial charge in [-0.1, -0.05) is 13.0 Å². The molecule has 0 aromatic heterocycles. The second-order valence-electron chi connectivity index (χ2n) is 2.35. The van der Waals surface area contributed by atoms with E-state index >= 15 is 0 Å². The van der Waals surface area contributed by atoms with Gasteiger partial charge in [0.2, 0.25) is 0 Å². The zero-order valence-corrected chi connectivity index (χ0v) is 6.89. The summed E-state index contributed by atoms with van der Waals surface area (Å²) in [6.45, 7) is 5.81. The van der Waals surface area contributed by atoms with Gasteiger partial charge in [-0.3, -0.25) is 0 Å². The lowest BCUT2D eigenvalue weighted by Gasteiger charge is -2.09. The molecule has 0 unspecified atom stereocenters. The number of hydrogen-bond donors (Lipinski definition) is 0.